The summed E-state index contributed by atoms with van der Waals surface area (Å²) in [5.74, 6) is 6.04. The topological polar surface area (TPSA) is 50.4 Å². The fraction of sp³-hybridized carbons (Fsp3) is 0.156. The van der Waals surface area contributed by atoms with Crippen LogP contribution < -0.4 is 10.6 Å². The Kier molecular flexibility index (Phi) is 8.06. The molecule has 0 fully saturated rings. The molecule has 1 amide bonds. The predicted octanol–water partition coefficient (Wildman–Crippen LogP) is 7.71. The van der Waals surface area contributed by atoms with Crippen molar-refractivity contribution in [2.75, 3.05) is 5.32 Å². The number of fused-ring (bicyclic) bond motifs is 1. The van der Waals surface area contributed by atoms with Crippen LogP contribution in [0.3, 0.4) is 0 Å². The first-order chi connectivity index (χ1) is 18.5. The quantitative estimate of drug-likeness (QED) is 0.242. The SMILES string of the molecule is O=C(N[C@H]1C[C@@H](c2ccc(Br)cc2)Nc2c(CC#Cc3ccc(F)cc3)cccc21)OCc1ccccc1. The maximum atomic E-state index is 13.2. The van der Waals surface area contributed by atoms with Crippen molar-refractivity contribution in [2.45, 2.75) is 31.5 Å². The number of ether oxygens (including phenoxy) is 1. The smallest absolute Gasteiger partial charge is 0.407 e. The Labute approximate surface area is 230 Å². The van der Waals surface area contributed by atoms with Crippen molar-refractivity contribution in [3.05, 3.63) is 135 Å². The molecule has 0 saturated heterocycles. The Hall–Kier alpha value is -4.08. The average Bonchev–Trinajstić information content (AvgIpc) is 2.94. The molecule has 190 valence electrons. The minimum atomic E-state index is -0.456. The van der Waals surface area contributed by atoms with Crippen molar-refractivity contribution >= 4 is 27.7 Å². The number of benzene rings is 4. The third-order valence-corrected chi connectivity index (χ3v) is 7.01. The second kappa shape index (κ2) is 12.0. The minimum Gasteiger partial charge on any atom is -0.445 e. The second-order valence-electron chi connectivity index (χ2n) is 9.11. The van der Waals surface area contributed by atoms with Gasteiger partial charge in [0.25, 0.3) is 0 Å². The number of nitrogens with one attached hydrogen (secondary N) is 2. The van der Waals surface area contributed by atoms with Crippen LogP contribution in [-0.2, 0) is 17.8 Å². The molecule has 4 nitrogen and oxygen atoms in total. The van der Waals surface area contributed by atoms with E-state index >= 15 is 0 Å². The Morgan fingerprint density at radius 1 is 0.974 bits per heavy atom. The summed E-state index contributed by atoms with van der Waals surface area (Å²) in [6.45, 7) is 0.208. The van der Waals surface area contributed by atoms with Crippen LogP contribution in [-0.4, -0.2) is 6.09 Å². The number of halogens is 2. The lowest BCUT2D eigenvalue weighted by Gasteiger charge is -2.35. The number of anilines is 1. The molecule has 2 atom stereocenters. The maximum Gasteiger partial charge on any atom is 0.407 e. The van der Waals surface area contributed by atoms with Crippen LogP contribution in [0.15, 0.2) is 102 Å². The number of rotatable bonds is 5. The highest BCUT2D eigenvalue weighted by atomic mass is 79.9. The second-order valence-corrected chi connectivity index (χ2v) is 10.0. The summed E-state index contributed by atoms with van der Waals surface area (Å²) in [6.07, 6.45) is 0.716. The van der Waals surface area contributed by atoms with Gasteiger partial charge < -0.3 is 15.4 Å². The van der Waals surface area contributed by atoms with Gasteiger partial charge in [-0.3, -0.25) is 0 Å². The van der Waals surface area contributed by atoms with Crippen molar-refractivity contribution in [2.24, 2.45) is 0 Å². The van der Waals surface area contributed by atoms with Gasteiger partial charge in [0, 0.05) is 22.1 Å². The zero-order valence-corrected chi connectivity index (χ0v) is 22.2. The largest absolute Gasteiger partial charge is 0.445 e. The molecular formula is C32H26BrFN2O2. The molecule has 4 aromatic carbocycles. The molecule has 5 rings (SSSR count). The van der Waals surface area contributed by atoms with E-state index in [0.717, 1.165) is 38.0 Å². The molecular weight excluding hydrogens is 543 g/mol. The molecule has 0 unspecified atom stereocenters. The lowest BCUT2D eigenvalue weighted by atomic mass is 9.87. The molecule has 0 saturated carbocycles. The summed E-state index contributed by atoms with van der Waals surface area (Å²) in [5.41, 5.74) is 5.81. The number of carbonyl (C=O) groups is 1. The van der Waals surface area contributed by atoms with Gasteiger partial charge in [-0.15, -0.1) is 0 Å². The molecule has 1 aliphatic rings. The molecule has 0 radical (unpaired) electrons. The fourth-order valence-electron chi connectivity index (χ4n) is 4.56. The summed E-state index contributed by atoms with van der Waals surface area (Å²) in [7, 11) is 0. The first-order valence-electron chi connectivity index (χ1n) is 12.4. The van der Waals surface area contributed by atoms with Crippen molar-refractivity contribution in [1.29, 1.82) is 0 Å². The Balaban J connectivity index is 1.39. The summed E-state index contributed by atoms with van der Waals surface area (Å²) in [6, 6.07) is 29.8. The van der Waals surface area contributed by atoms with Crippen molar-refractivity contribution in [3.63, 3.8) is 0 Å². The Morgan fingerprint density at radius 2 is 1.74 bits per heavy atom. The Morgan fingerprint density at radius 3 is 2.50 bits per heavy atom. The molecule has 1 heterocycles. The van der Waals surface area contributed by atoms with Crippen LogP contribution >= 0.6 is 15.9 Å². The Bertz CT molecular complexity index is 1460. The molecule has 0 spiro atoms. The summed E-state index contributed by atoms with van der Waals surface area (Å²) in [4.78, 5) is 12.8. The van der Waals surface area contributed by atoms with Gasteiger partial charge in [0.2, 0.25) is 0 Å². The summed E-state index contributed by atoms with van der Waals surface area (Å²) in [5, 5.41) is 6.78. The van der Waals surface area contributed by atoms with Gasteiger partial charge in [-0.25, -0.2) is 9.18 Å². The first-order valence-corrected chi connectivity index (χ1v) is 13.2. The van der Waals surface area contributed by atoms with Crippen molar-refractivity contribution < 1.29 is 13.9 Å². The molecule has 1 aliphatic heterocycles. The van der Waals surface area contributed by atoms with Crippen molar-refractivity contribution in [3.8, 4) is 11.8 Å². The van der Waals surface area contributed by atoms with Crippen LogP contribution in [0.25, 0.3) is 0 Å². The molecule has 0 bridgehead atoms. The van der Waals surface area contributed by atoms with E-state index in [1.807, 2.05) is 60.7 Å². The number of amides is 1. The van der Waals surface area contributed by atoms with Gasteiger partial charge in [-0.2, -0.15) is 0 Å². The van der Waals surface area contributed by atoms with E-state index in [4.69, 9.17) is 4.74 Å². The fourth-order valence-corrected chi connectivity index (χ4v) is 4.83. The van der Waals surface area contributed by atoms with Crippen molar-refractivity contribution in [1.82, 2.24) is 5.32 Å². The number of hydrogen-bond acceptors (Lipinski definition) is 3. The third-order valence-electron chi connectivity index (χ3n) is 6.48. The standard InChI is InChI=1S/C32H26BrFN2O2/c33-26-16-14-24(15-17-26)29-20-30(36-32(37)38-21-23-6-2-1-3-7-23)28-11-5-10-25(31(28)35-29)9-4-8-22-12-18-27(34)19-13-22/h1-3,5-7,10-19,29-30,35H,9,20-21H2,(H,36,37)/t29-,30-/m0/s1. The summed E-state index contributed by atoms with van der Waals surface area (Å²) >= 11 is 3.51. The number of carbonyl (C=O) groups excluding carboxylic acids is 1. The van der Waals surface area contributed by atoms with Crippen LogP contribution in [0.1, 0.15) is 46.3 Å². The highest BCUT2D eigenvalue weighted by molar-refractivity contribution is 9.10. The predicted molar refractivity (Wildman–Crippen MR) is 151 cm³/mol. The minimum absolute atomic E-state index is 0.0127. The van der Waals surface area contributed by atoms with E-state index in [1.165, 1.54) is 12.1 Å². The normalized spacial score (nSPS) is 15.8. The van der Waals surface area contributed by atoms with Crippen LogP contribution in [0, 0.1) is 17.7 Å². The van der Waals surface area contributed by atoms with E-state index in [2.05, 4.69) is 50.5 Å². The third kappa shape index (κ3) is 6.42. The van der Waals surface area contributed by atoms with Crippen LogP contribution in [0.2, 0.25) is 0 Å². The lowest BCUT2D eigenvalue weighted by molar-refractivity contribution is 0.134. The monoisotopic (exact) mass is 568 g/mol. The first kappa shape index (κ1) is 25.6. The molecule has 0 aliphatic carbocycles. The van der Waals surface area contributed by atoms with E-state index in [1.54, 1.807) is 12.1 Å². The van der Waals surface area contributed by atoms with Crippen LogP contribution in [0.5, 0.6) is 0 Å². The van der Waals surface area contributed by atoms with E-state index in [9.17, 15) is 9.18 Å². The van der Waals surface area contributed by atoms with Gasteiger partial charge in [0.1, 0.15) is 12.4 Å². The maximum absolute atomic E-state index is 13.2. The van der Waals surface area contributed by atoms with E-state index in [0.29, 0.717) is 12.8 Å². The number of hydrogen-bond donors (Lipinski definition) is 2. The zero-order chi connectivity index (χ0) is 26.3. The molecule has 38 heavy (non-hydrogen) atoms. The number of para-hydroxylation sites is 1. The van der Waals surface area contributed by atoms with E-state index in [-0.39, 0.29) is 24.5 Å². The van der Waals surface area contributed by atoms with Gasteiger partial charge >= 0.3 is 6.09 Å². The van der Waals surface area contributed by atoms with Gasteiger partial charge in [-0.1, -0.05) is 88.4 Å². The lowest BCUT2D eigenvalue weighted by Crippen LogP contribution is -2.35. The van der Waals surface area contributed by atoms with E-state index < -0.39 is 6.09 Å². The molecule has 6 heteroatoms. The highest BCUT2D eigenvalue weighted by Crippen LogP contribution is 2.41. The molecule has 0 aromatic heterocycles. The van der Waals surface area contributed by atoms with Crippen LogP contribution in [0.4, 0.5) is 14.9 Å². The van der Waals surface area contributed by atoms with Gasteiger partial charge in [0.15, 0.2) is 0 Å². The average molecular weight is 569 g/mol. The zero-order valence-electron chi connectivity index (χ0n) is 20.6. The molecule has 4 aromatic rings. The number of alkyl carbamates (subject to hydrolysis) is 1. The van der Waals surface area contributed by atoms with Gasteiger partial charge in [0.05, 0.1) is 12.1 Å². The summed E-state index contributed by atoms with van der Waals surface area (Å²) < 4.78 is 19.8. The van der Waals surface area contributed by atoms with Gasteiger partial charge in [-0.05, 0) is 65.1 Å². The highest BCUT2D eigenvalue weighted by Gasteiger charge is 2.30. The molecule has 2 N–H and O–H groups in total.